The predicted octanol–water partition coefficient (Wildman–Crippen LogP) is 3.92. The van der Waals surface area contributed by atoms with Crippen molar-refractivity contribution in [3.8, 4) is 5.75 Å². The molecule has 0 saturated carbocycles. The molecule has 5 nitrogen and oxygen atoms in total. The summed E-state index contributed by atoms with van der Waals surface area (Å²) in [5.41, 5.74) is 3.22. The largest absolute Gasteiger partial charge is 0.480 e. The number of hydrogen-bond donors (Lipinski definition) is 0. The van der Waals surface area contributed by atoms with Gasteiger partial charge in [-0.25, -0.2) is 0 Å². The fourth-order valence-electron chi connectivity index (χ4n) is 3.94. The van der Waals surface area contributed by atoms with Gasteiger partial charge in [0.1, 0.15) is 5.75 Å². The van der Waals surface area contributed by atoms with Crippen molar-refractivity contribution in [1.29, 1.82) is 0 Å². The van der Waals surface area contributed by atoms with Gasteiger partial charge in [0.15, 0.2) is 6.10 Å². The smallest absolute Gasteiger partial charge is 0.264 e. The quantitative estimate of drug-likeness (QED) is 0.718. The van der Waals surface area contributed by atoms with Gasteiger partial charge >= 0.3 is 0 Å². The second kappa shape index (κ2) is 8.64. The second-order valence-corrected chi connectivity index (χ2v) is 8.41. The van der Waals surface area contributed by atoms with E-state index in [1.54, 1.807) is 6.07 Å². The summed E-state index contributed by atoms with van der Waals surface area (Å²) in [5.74, 6) is 0.754. The van der Waals surface area contributed by atoms with E-state index in [2.05, 4.69) is 29.2 Å². The molecule has 0 unspecified atom stereocenters. The third kappa shape index (κ3) is 4.68. The minimum absolute atomic E-state index is 0.00417. The molecular formula is C23H27ClN2O3. The highest BCUT2D eigenvalue weighted by atomic mass is 35.5. The molecule has 2 aliphatic rings. The van der Waals surface area contributed by atoms with Gasteiger partial charge in [-0.05, 0) is 54.3 Å². The molecule has 6 heteroatoms. The molecule has 2 aromatic carbocycles. The zero-order valence-electron chi connectivity index (χ0n) is 16.9. The van der Waals surface area contributed by atoms with E-state index in [-0.39, 0.29) is 12.0 Å². The first kappa shape index (κ1) is 20.0. The van der Waals surface area contributed by atoms with E-state index in [1.807, 2.05) is 31.1 Å². The van der Waals surface area contributed by atoms with Crippen LogP contribution in [0.15, 0.2) is 42.5 Å². The molecule has 0 radical (unpaired) electrons. The Morgan fingerprint density at radius 3 is 2.66 bits per heavy atom. The molecular weight excluding hydrogens is 388 g/mol. The fourth-order valence-corrected chi connectivity index (χ4v) is 4.14. The van der Waals surface area contributed by atoms with Crippen LogP contribution in [-0.2, 0) is 22.5 Å². The molecule has 1 saturated heterocycles. The Balaban J connectivity index is 1.49. The van der Waals surface area contributed by atoms with Crippen LogP contribution in [0.2, 0.25) is 5.02 Å². The van der Waals surface area contributed by atoms with Crippen LogP contribution in [0.1, 0.15) is 24.0 Å². The Morgan fingerprint density at radius 2 is 1.97 bits per heavy atom. The highest BCUT2D eigenvalue weighted by Gasteiger charge is 2.34. The summed E-state index contributed by atoms with van der Waals surface area (Å²) in [4.78, 5) is 17.3. The van der Waals surface area contributed by atoms with Crippen LogP contribution in [0.4, 0.5) is 5.69 Å². The highest BCUT2D eigenvalue weighted by molar-refractivity contribution is 6.30. The molecule has 1 fully saturated rings. The Hall–Kier alpha value is -2.24. The van der Waals surface area contributed by atoms with E-state index >= 15 is 0 Å². The van der Waals surface area contributed by atoms with Crippen molar-refractivity contribution in [3.63, 3.8) is 0 Å². The molecule has 2 aromatic rings. The number of carbonyl (C=O) groups is 1. The van der Waals surface area contributed by atoms with Crippen molar-refractivity contribution < 1.29 is 14.3 Å². The molecule has 0 bridgehead atoms. The predicted molar refractivity (Wildman–Crippen MR) is 115 cm³/mol. The maximum atomic E-state index is 13.4. The molecule has 4 rings (SSSR count). The van der Waals surface area contributed by atoms with Crippen LogP contribution in [0.25, 0.3) is 0 Å². The zero-order valence-corrected chi connectivity index (χ0v) is 17.7. The monoisotopic (exact) mass is 414 g/mol. The summed E-state index contributed by atoms with van der Waals surface area (Å²) < 4.78 is 11.8. The third-order valence-corrected chi connectivity index (χ3v) is 5.79. The third-order valence-electron chi connectivity index (χ3n) is 5.56. The lowest BCUT2D eigenvalue weighted by atomic mass is 10.1. The average molecular weight is 415 g/mol. The second-order valence-electron chi connectivity index (χ2n) is 7.98. The standard InChI is InChI=1S/C23H27ClN2O3/c1-25(2)19-8-5-16(6-9-19)14-26(15-20-4-3-11-28-20)23(27)22-13-17-12-18(24)7-10-21(17)29-22/h5-10,12,20,22H,3-4,11,13-15H2,1-2H3/t20-,22+/m0/s1. The van der Waals surface area contributed by atoms with Gasteiger partial charge in [0.05, 0.1) is 6.10 Å². The average Bonchev–Trinajstić information content (AvgIpc) is 3.36. The minimum Gasteiger partial charge on any atom is -0.480 e. The van der Waals surface area contributed by atoms with Gasteiger partial charge < -0.3 is 19.3 Å². The van der Waals surface area contributed by atoms with Gasteiger partial charge in [-0.1, -0.05) is 23.7 Å². The summed E-state index contributed by atoms with van der Waals surface area (Å²) in [6.45, 7) is 1.91. The van der Waals surface area contributed by atoms with Crippen molar-refractivity contribution in [1.82, 2.24) is 4.90 Å². The zero-order chi connectivity index (χ0) is 20.4. The molecule has 0 spiro atoms. The van der Waals surface area contributed by atoms with Crippen molar-refractivity contribution in [2.24, 2.45) is 0 Å². The van der Waals surface area contributed by atoms with Gasteiger partial charge in [-0.15, -0.1) is 0 Å². The number of halogens is 1. The lowest BCUT2D eigenvalue weighted by Crippen LogP contribution is -2.44. The maximum absolute atomic E-state index is 13.4. The van der Waals surface area contributed by atoms with Crippen LogP contribution >= 0.6 is 11.6 Å². The molecule has 0 N–H and O–H groups in total. The first-order chi connectivity index (χ1) is 14.0. The molecule has 0 aromatic heterocycles. The molecule has 29 heavy (non-hydrogen) atoms. The molecule has 2 aliphatic heterocycles. The van der Waals surface area contributed by atoms with Gasteiger partial charge in [0, 0.05) is 50.9 Å². The van der Waals surface area contributed by atoms with Crippen LogP contribution in [-0.4, -0.2) is 50.3 Å². The highest BCUT2D eigenvalue weighted by Crippen LogP contribution is 2.32. The number of fused-ring (bicyclic) bond motifs is 1. The van der Waals surface area contributed by atoms with E-state index in [9.17, 15) is 4.79 Å². The summed E-state index contributed by atoms with van der Waals surface area (Å²) in [6.07, 6.45) is 2.18. The minimum atomic E-state index is -0.508. The lowest BCUT2D eigenvalue weighted by Gasteiger charge is -2.28. The van der Waals surface area contributed by atoms with E-state index in [0.717, 1.165) is 42.0 Å². The van der Waals surface area contributed by atoms with E-state index < -0.39 is 6.10 Å². The first-order valence-corrected chi connectivity index (χ1v) is 10.5. The fraction of sp³-hybridized carbons (Fsp3) is 0.435. The summed E-state index contributed by atoms with van der Waals surface area (Å²) in [7, 11) is 4.03. The molecule has 1 amide bonds. The van der Waals surface area contributed by atoms with Crippen LogP contribution < -0.4 is 9.64 Å². The Morgan fingerprint density at radius 1 is 1.17 bits per heavy atom. The number of hydrogen-bond acceptors (Lipinski definition) is 4. The summed E-state index contributed by atoms with van der Waals surface area (Å²) in [6, 6.07) is 13.8. The number of nitrogens with zero attached hydrogens (tertiary/aromatic N) is 2. The Bertz CT molecular complexity index is 863. The number of anilines is 1. The van der Waals surface area contributed by atoms with Crippen molar-refractivity contribution in [2.45, 2.75) is 38.0 Å². The first-order valence-electron chi connectivity index (χ1n) is 10.1. The van der Waals surface area contributed by atoms with Crippen molar-refractivity contribution >= 4 is 23.2 Å². The normalized spacial score (nSPS) is 20.2. The van der Waals surface area contributed by atoms with Crippen LogP contribution in [0.3, 0.4) is 0 Å². The maximum Gasteiger partial charge on any atom is 0.264 e. The van der Waals surface area contributed by atoms with Crippen molar-refractivity contribution in [3.05, 3.63) is 58.6 Å². The van der Waals surface area contributed by atoms with E-state index in [1.165, 1.54) is 0 Å². The van der Waals surface area contributed by atoms with Crippen LogP contribution in [0, 0.1) is 0 Å². The van der Waals surface area contributed by atoms with E-state index in [4.69, 9.17) is 21.1 Å². The Kier molecular flexibility index (Phi) is 5.97. The Labute approximate surface area is 177 Å². The summed E-state index contributed by atoms with van der Waals surface area (Å²) >= 11 is 6.10. The number of amides is 1. The van der Waals surface area contributed by atoms with Gasteiger partial charge in [-0.2, -0.15) is 0 Å². The molecule has 2 atom stereocenters. The summed E-state index contributed by atoms with van der Waals surface area (Å²) in [5, 5.41) is 0.664. The number of benzene rings is 2. The SMILES string of the molecule is CN(C)c1ccc(CN(C[C@@H]2CCCO2)C(=O)[C@H]2Cc3cc(Cl)ccc3O2)cc1. The molecule has 2 heterocycles. The van der Waals surface area contributed by atoms with Crippen LogP contribution in [0.5, 0.6) is 5.75 Å². The van der Waals surface area contributed by atoms with Gasteiger partial charge in [0.2, 0.25) is 0 Å². The van der Waals surface area contributed by atoms with Gasteiger partial charge in [-0.3, -0.25) is 4.79 Å². The van der Waals surface area contributed by atoms with Crippen molar-refractivity contribution in [2.75, 3.05) is 32.1 Å². The molecule has 0 aliphatic carbocycles. The number of rotatable bonds is 6. The van der Waals surface area contributed by atoms with Gasteiger partial charge in [0.25, 0.3) is 5.91 Å². The molecule has 154 valence electrons. The number of carbonyl (C=O) groups excluding carboxylic acids is 1. The lowest BCUT2D eigenvalue weighted by molar-refractivity contribution is -0.140. The number of ether oxygens (including phenoxy) is 2. The topological polar surface area (TPSA) is 42.0 Å². The van der Waals surface area contributed by atoms with E-state index in [0.29, 0.717) is 24.5 Å².